The Bertz CT molecular complexity index is 1090. The van der Waals surface area contributed by atoms with E-state index in [1.807, 2.05) is 13.8 Å². The van der Waals surface area contributed by atoms with Crippen LogP contribution in [-0.4, -0.2) is 54.0 Å². The van der Waals surface area contributed by atoms with Gasteiger partial charge in [0.1, 0.15) is 6.10 Å². The van der Waals surface area contributed by atoms with E-state index in [1.54, 1.807) is 12.2 Å². The van der Waals surface area contributed by atoms with Gasteiger partial charge in [0.15, 0.2) is 22.7 Å². The summed E-state index contributed by atoms with van der Waals surface area (Å²) in [7, 11) is -3.78. The zero-order chi connectivity index (χ0) is 34.8. The normalized spacial score (nSPS) is 21.1. The molecule has 1 heterocycles. The van der Waals surface area contributed by atoms with E-state index in [0.717, 1.165) is 24.8 Å². The van der Waals surface area contributed by atoms with Crippen molar-refractivity contribution in [2.75, 3.05) is 13.2 Å². The van der Waals surface area contributed by atoms with Crippen LogP contribution in [0.15, 0.2) is 47.6 Å². The van der Waals surface area contributed by atoms with Crippen LogP contribution < -0.4 is 0 Å². The molecule has 1 aliphatic rings. The number of hydrogen-bond donors (Lipinski definition) is 0. The Kier molecular flexibility index (Phi) is 16.0. The Labute approximate surface area is 278 Å². The van der Waals surface area contributed by atoms with E-state index in [2.05, 4.69) is 101 Å². The van der Waals surface area contributed by atoms with Gasteiger partial charge in [0, 0.05) is 31.3 Å². The van der Waals surface area contributed by atoms with Crippen molar-refractivity contribution in [3.63, 3.8) is 0 Å². The maximum absolute atomic E-state index is 12.9. The lowest BCUT2D eigenvalue weighted by atomic mass is 9.86. The average molecular weight is 663 g/mol. The number of cyclic esters (lactones) is 1. The van der Waals surface area contributed by atoms with Crippen molar-refractivity contribution in [2.45, 2.75) is 144 Å². The molecule has 0 aromatic carbocycles. The molecule has 0 aromatic heterocycles. The average Bonchev–Trinajstić information content (AvgIpc) is 2.89. The van der Waals surface area contributed by atoms with Crippen LogP contribution in [0, 0.1) is 17.8 Å². The summed E-state index contributed by atoms with van der Waals surface area (Å²) in [6.07, 6.45) is 12.2. The molecule has 6 nitrogen and oxygen atoms in total. The van der Waals surface area contributed by atoms with E-state index in [-0.39, 0.29) is 21.9 Å². The van der Waals surface area contributed by atoms with Gasteiger partial charge >= 0.3 is 11.9 Å². The number of esters is 2. The third-order valence-electron chi connectivity index (χ3n) is 9.95. The molecule has 1 rings (SSSR count). The summed E-state index contributed by atoms with van der Waals surface area (Å²) in [5.41, 5.74) is 2.30. The molecule has 0 fully saturated rings. The van der Waals surface area contributed by atoms with Crippen LogP contribution in [0.4, 0.5) is 0 Å². The Balaban J connectivity index is 3.00. The van der Waals surface area contributed by atoms with Crippen LogP contribution in [-0.2, 0) is 27.9 Å². The molecule has 5 atom stereocenters. The van der Waals surface area contributed by atoms with E-state index >= 15 is 0 Å². The van der Waals surface area contributed by atoms with Gasteiger partial charge in [0.2, 0.25) is 0 Å². The summed E-state index contributed by atoms with van der Waals surface area (Å²) >= 11 is 0. The lowest BCUT2D eigenvalue weighted by molar-refractivity contribution is -0.164. The fourth-order valence-electron chi connectivity index (χ4n) is 4.82. The number of carbonyl (C=O) groups is 2. The van der Waals surface area contributed by atoms with Crippen molar-refractivity contribution in [1.29, 1.82) is 0 Å². The first-order chi connectivity index (χ1) is 20.5. The van der Waals surface area contributed by atoms with Crippen LogP contribution in [0.1, 0.15) is 95.4 Å². The molecule has 0 bridgehead atoms. The Hall–Kier alpha value is -1.75. The summed E-state index contributed by atoms with van der Waals surface area (Å²) in [5, 5.41) is 0.278. The van der Waals surface area contributed by atoms with Crippen LogP contribution in [0.2, 0.25) is 36.3 Å². The van der Waals surface area contributed by atoms with Crippen molar-refractivity contribution >= 4 is 28.6 Å². The van der Waals surface area contributed by atoms with Crippen LogP contribution in [0.5, 0.6) is 0 Å². The SMILES string of the molecule is C/C=C(\C)C[C@H](C)C[C@H](C)[C@H]1OC(=O)C=C[C@H]1OC(=O)/C=C/C(C)=C/[C@H](CCO[Si](C)(C)C(C)(C)C)CO[Si](C)(C)C(C)(C)C. The monoisotopic (exact) mass is 662 g/mol. The smallest absolute Gasteiger partial charge is 0.331 e. The third kappa shape index (κ3) is 14.3. The van der Waals surface area contributed by atoms with Gasteiger partial charge in [-0.3, -0.25) is 0 Å². The second-order valence-electron chi connectivity index (χ2n) is 16.3. The Morgan fingerprint density at radius 1 is 0.978 bits per heavy atom. The van der Waals surface area contributed by atoms with Gasteiger partial charge in [-0.25, -0.2) is 9.59 Å². The van der Waals surface area contributed by atoms with Gasteiger partial charge in [-0.15, -0.1) is 0 Å². The maximum Gasteiger partial charge on any atom is 0.331 e. The quantitative estimate of drug-likeness (QED) is 0.0539. The van der Waals surface area contributed by atoms with Crippen molar-refractivity contribution in [3.8, 4) is 0 Å². The molecule has 0 amide bonds. The molecule has 0 N–H and O–H groups in total. The molecular weight excluding hydrogens is 597 g/mol. The van der Waals surface area contributed by atoms with E-state index in [1.165, 1.54) is 17.7 Å². The second-order valence-corrected chi connectivity index (χ2v) is 25.9. The minimum absolute atomic E-state index is 0.0390. The molecule has 1 aliphatic heterocycles. The third-order valence-corrected chi connectivity index (χ3v) is 19.0. The summed E-state index contributed by atoms with van der Waals surface area (Å²) in [5.74, 6) is -0.235. The van der Waals surface area contributed by atoms with Crippen LogP contribution in [0.25, 0.3) is 0 Å². The molecule has 258 valence electrons. The van der Waals surface area contributed by atoms with E-state index in [9.17, 15) is 9.59 Å². The first kappa shape index (κ1) is 41.3. The molecule has 0 aliphatic carbocycles. The highest BCUT2D eigenvalue weighted by atomic mass is 28.4. The second kappa shape index (κ2) is 17.4. The first-order valence-electron chi connectivity index (χ1n) is 16.8. The standard InChI is InChI=1S/C37H66O6Si2/c1-16-27(2)23-29(4)24-30(5)35-32(18-20-34(39)43-35)42-33(38)19-17-28(3)25-31(26-41-45(14,15)37(9,10)11)21-22-40-44(12,13)36(6,7)8/h16-20,25,29-32,35H,21-24,26H2,1-15H3/b19-17+,27-16+,28-25+/t29-,30-,31-,32+,35+/m0/s1. The highest BCUT2D eigenvalue weighted by Gasteiger charge is 2.39. The zero-order valence-electron chi connectivity index (χ0n) is 31.3. The Morgan fingerprint density at radius 3 is 2.11 bits per heavy atom. The summed E-state index contributed by atoms with van der Waals surface area (Å²) < 4.78 is 24.6. The zero-order valence-corrected chi connectivity index (χ0v) is 33.3. The lowest BCUT2D eigenvalue weighted by Gasteiger charge is -2.38. The largest absolute Gasteiger partial charge is 0.455 e. The number of allylic oxidation sites excluding steroid dienone is 4. The van der Waals surface area contributed by atoms with Gasteiger partial charge in [-0.1, -0.05) is 84.8 Å². The Morgan fingerprint density at radius 2 is 1.56 bits per heavy atom. The lowest BCUT2D eigenvalue weighted by Crippen LogP contribution is -2.42. The predicted octanol–water partition coefficient (Wildman–Crippen LogP) is 9.95. The highest BCUT2D eigenvalue weighted by molar-refractivity contribution is 6.74. The van der Waals surface area contributed by atoms with Gasteiger partial charge in [-0.05, 0) is 94.2 Å². The van der Waals surface area contributed by atoms with E-state index < -0.39 is 40.8 Å². The summed E-state index contributed by atoms with van der Waals surface area (Å²) in [6, 6.07) is 0. The highest BCUT2D eigenvalue weighted by Crippen LogP contribution is 2.38. The molecular formula is C37H66O6Si2. The molecule has 0 spiro atoms. The van der Waals surface area contributed by atoms with Gasteiger partial charge < -0.3 is 18.3 Å². The molecule has 0 saturated heterocycles. The molecule has 45 heavy (non-hydrogen) atoms. The molecule has 0 aromatic rings. The van der Waals surface area contributed by atoms with Crippen LogP contribution >= 0.6 is 0 Å². The van der Waals surface area contributed by atoms with Crippen molar-refractivity contribution in [3.05, 3.63) is 47.6 Å². The predicted molar refractivity (Wildman–Crippen MR) is 193 cm³/mol. The summed E-state index contributed by atoms with van der Waals surface area (Å²) in [4.78, 5) is 25.0. The fraction of sp³-hybridized carbons (Fsp3) is 0.730. The summed E-state index contributed by atoms with van der Waals surface area (Å²) in [6.45, 7) is 34.4. The minimum atomic E-state index is -1.93. The van der Waals surface area contributed by atoms with Gasteiger partial charge in [0.05, 0.1) is 0 Å². The molecule has 0 unspecified atom stereocenters. The fourth-order valence-corrected chi connectivity index (χ4v) is 6.94. The molecule has 8 heteroatoms. The minimum Gasteiger partial charge on any atom is -0.455 e. The number of ether oxygens (including phenoxy) is 2. The van der Waals surface area contributed by atoms with Gasteiger partial charge in [-0.2, -0.15) is 0 Å². The molecule has 0 radical (unpaired) electrons. The van der Waals surface area contributed by atoms with Crippen molar-refractivity contribution < 1.29 is 27.9 Å². The number of rotatable bonds is 16. The van der Waals surface area contributed by atoms with Crippen molar-refractivity contribution in [2.24, 2.45) is 17.8 Å². The maximum atomic E-state index is 12.9. The topological polar surface area (TPSA) is 71.1 Å². The first-order valence-corrected chi connectivity index (χ1v) is 22.7. The van der Waals surface area contributed by atoms with E-state index in [4.69, 9.17) is 18.3 Å². The molecule has 0 saturated carbocycles. The van der Waals surface area contributed by atoms with E-state index in [0.29, 0.717) is 19.1 Å². The van der Waals surface area contributed by atoms with Crippen LogP contribution in [0.3, 0.4) is 0 Å². The number of hydrogen-bond acceptors (Lipinski definition) is 6. The number of carbonyl (C=O) groups excluding carboxylic acids is 2. The van der Waals surface area contributed by atoms with Crippen molar-refractivity contribution in [1.82, 2.24) is 0 Å². The van der Waals surface area contributed by atoms with Gasteiger partial charge in [0.25, 0.3) is 0 Å².